The van der Waals surface area contributed by atoms with Crippen LogP contribution in [0.4, 0.5) is 0 Å². The minimum Gasteiger partial charge on any atom is -0.478 e. The van der Waals surface area contributed by atoms with Crippen LogP contribution in [-0.4, -0.2) is 48.9 Å². The molecule has 0 radical (unpaired) electrons. The molecule has 1 aliphatic rings. The van der Waals surface area contributed by atoms with E-state index in [-0.39, 0.29) is 23.6 Å². The van der Waals surface area contributed by atoms with E-state index in [9.17, 15) is 18.0 Å². The summed E-state index contributed by atoms with van der Waals surface area (Å²) in [6, 6.07) is 5.02. The number of carboxylic acid groups (broad SMARTS) is 1. The summed E-state index contributed by atoms with van der Waals surface area (Å²) in [6.45, 7) is 0.749. The summed E-state index contributed by atoms with van der Waals surface area (Å²) >= 11 is 0. The van der Waals surface area contributed by atoms with Crippen molar-refractivity contribution >= 4 is 21.7 Å². The molecule has 0 bridgehead atoms. The first-order chi connectivity index (χ1) is 9.78. The van der Waals surface area contributed by atoms with Gasteiger partial charge >= 0.3 is 5.97 Å². The molecule has 0 aliphatic carbocycles. The number of sulfone groups is 1. The van der Waals surface area contributed by atoms with Crippen LogP contribution >= 0.6 is 0 Å². The Morgan fingerprint density at radius 2 is 2.05 bits per heavy atom. The van der Waals surface area contributed by atoms with Crippen LogP contribution in [0.1, 0.15) is 27.9 Å². The third-order valence-corrected chi connectivity index (χ3v) is 4.48. The fourth-order valence-corrected chi connectivity index (χ4v) is 3.00. The summed E-state index contributed by atoms with van der Waals surface area (Å²) in [5, 5.41) is 9.14. The van der Waals surface area contributed by atoms with Gasteiger partial charge < -0.3 is 10.0 Å². The van der Waals surface area contributed by atoms with E-state index in [1.807, 2.05) is 0 Å². The van der Waals surface area contributed by atoms with Gasteiger partial charge in [-0.15, -0.1) is 0 Å². The molecule has 2 rings (SSSR count). The van der Waals surface area contributed by atoms with E-state index in [1.54, 1.807) is 23.1 Å². The lowest BCUT2D eigenvalue weighted by Crippen LogP contribution is -2.37. The number of nitrogens with zero attached hydrogens (tertiary/aromatic N) is 1. The van der Waals surface area contributed by atoms with Gasteiger partial charge in [-0.3, -0.25) is 4.79 Å². The zero-order chi connectivity index (χ0) is 15.6. The predicted molar refractivity (Wildman–Crippen MR) is 76.9 cm³/mol. The van der Waals surface area contributed by atoms with Crippen molar-refractivity contribution in [3.8, 4) is 0 Å². The van der Waals surface area contributed by atoms with Crippen LogP contribution < -0.4 is 0 Å². The second kappa shape index (κ2) is 5.85. The molecule has 1 amide bonds. The summed E-state index contributed by atoms with van der Waals surface area (Å²) in [5.74, 6) is -1.35. The standard InChI is InChI=1S/C14H17NO5S/c1-21(19,20)8-6-13(16)15-7-5-11-10(9-15)3-2-4-12(11)14(17)18/h2-4H,5-9H2,1H3,(H,17,18). The predicted octanol–water partition coefficient (Wildman–Crippen LogP) is 0.704. The van der Waals surface area contributed by atoms with E-state index >= 15 is 0 Å². The molecule has 0 atom stereocenters. The van der Waals surface area contributed by atoms with Gasteiger partial charge in [0, 0.05) is 25.8 Å². The summed E-state index contributed by atoms with van der Waals surface area (Å²) in [6.07, 6.45) is 1.54. The molecule has 0 fully saturated rings. The SMILES string of the molecule is CS(=O)(=O)CCC(=O)N1CCc2c(cccc2C(=O)O)C1. The Bertz CT molecular complexity index is 681. The van der Waals surface area contributed by atoms with Crippen molar-refractivity contribution in [2.24, 2.45) is 0 Å². The number of carbonyl (C=O) groups excluding carboxylic acids is 1. The number of fused-ring (bicyclic) bond motifs is 1. The molecule has 114 valence electrons. The molecule has 7 heteroatoms. The first-order valence-electron chi connectivity index (χ1n) is 6.57. The van der Waals surface area contributed by atoms with E-state index in [1.165, 1.54) is 0 Å². The topological polar surface area (TPSA) is 91.8 Å². The molecule has 0 aromatic heterocycles. The lowest BCUT2D eigenvalue weighted by atomic mass is 9.94. The van der Waals surface area contributed by atoms with E-state index in [0.29, 0.717) is 19.5 Å². The largest absolute Gasteiger partial charge is 0.478 e. The zero-order valence-corrected chi connectivity index (χ0v) is 12.5. The van der Waals surface area contributed by atoms with Crippen molar-refractivity contribution in [2.45, 2.75) is 19.4 Å². The van der Waals surface area contributed by atoms with Crippen LogP contribution in [0, 0.1) is 0 Å². The van der Waals surface area contributed by atoms with E-state index in [2.05, 4.69) is 0 Å². The lowest BCUT2D eigenvalue weighted by molar-refractivity contribution is -0.131. The number of hydrogen-bond acceptors (Lipinski definition) is 4. The highest BCUT2D eigenvalue weighted by molar-refractivity contribution is 7.90. The van der Waals surface area contributed by atoms with Crippen LogP contribution in [0.5, 0.6) is 0 Å². The van der Waals surface area contributed by atoms with Gasteiger partial charge in [0.2, 0.25) is 5.91 Å². The fourth-order valence-electron chi connectivity index (χ4n) is 2.45. The van der Waals surface area contributed by atoms with Gasteiger partial charge in [-0.25, -0.2) is 13.2 Å². The van der Waals surface area contributed by atoms with Crippen molar-refractivity contribution in [1.82, 2.24) is 4.90 Å². The number of carboxylic acids is 1. The number of hydrogen-bond donors (Lipinski definition) is 1. The fraction of sp³-hybridized carbons (Fsp3) is 0.429. The van der Waals surface area contributed by atoms with Crippen molar-refractivity contribution < 1.29 is 23.1 Å². The van der Waals surface area contributed by atoms with E-state index < -0.39 is 15.8 Å². The van der Waals surface area contributed by atoms with E-state index in [0.717, 1.165) is 17.4 Å². The molecule has 6 nitrogen and oxygen atoms in total. The molecule has 0 unspecified atom stereocenters. The molecular formula is C14H17NO5S. The van der Waals surface area contributed by atoms with Crippen LogP contribution in [0.2, 0.25) is 0 Å². The quantitative estimate of drug-likeness (QED) is 0.884. The average molecular weight is 311 g/mol. The van der Waals surface area contributed by atoms with Crippen LogP contribution in [0.15, 0.2) is 18.2 Å². The molecule has 1 N–H and O–H groups in total. The number of amides is 1. The summed E-state index contributed by atoms with van der Waals surface area (Å²) in [4.78, 5) is 24.8. The molecule has 1 aliphatic heterocycles. The second-order valence-corrected chi connectivity index (χ2v) is 7.45. The number of carbonyl (C=O) groups is 2. The Morgan fingerprint density at radius 3 is 2.67 bits per heavy atom. The number of aromatic carboxylic acids is 1. The lowest BCUT2D eigenvalue weighted by Gasteiger charge is -2.29. The molecule has 0 spiro atoms. The Hall–Kier alpha value is -1.89. The van der Waals surface area contributed by atoms with Gasteiger partial charge in [-0.2, -0.15) is 0 Å². The monoisotopic (exact) mass is 311 g/mol. The molecule has 1 aromatic carbocycles. The van der Waals surface area contributed by atoms with E-state index in [4.69, 9.17) is 5.11 Å². The van der Waals surface area contributed by atoms with Gasteiger partial charge in [-0.1, -0.05) is 12.1 Å². The molecule has 0 saturated heterocycles. The molecule has 1 aromatic rings. The second-order valence-electron chi connectivity index (χ2n) is 5.19. The van der Waals surface area contributed by atoms with Crippen molar-refractivity contribution in [2.75, 3.05) is 18.6 Å². The third-order valence-electron chi connectivity index (χ3n) is 3.54. The Morgan fingerprint density at radius 1 is 1.33 bits per heavy atom. The average Bonchev–Trinajstić information content (AvgIpc) is 2.42. The smallest absolute Gasteiger partial charge is 0.335 e. The van der Waals surface area contributed by atoms with Gasteiger partial charge in [-0.05, 0) is 23.6 Å². The van der Waals surface area contributed by atoms with Gasteiger partial charge in [0.05, 0.1) is 11.3 Å². The van der Waals surface area contributed by atoms with Crippen molar-refractivity contribution in [3.05, 3.63) is 34.9 Å². The highest BCUT2D eigenvalue weighted by atomic mass is 32.2. The maximum Gasteiger partial charge on any atom is 0.335 e. The van der Waals surface area contributed by atoms with Crippen molar-refractivity contribution in [3.63, 3.8) is 0 Å². The highest BCUT2D eigenvalue weighted by Gasteiger charge is 2.24. The summed E-state index contributed by atoms with van der Waals surface area (Å²) < 4.78 is 22.2. The van der Waals surface area contributed by atoms with Crippen LogP contribution in [0.25, 0.3) is 0 Å². The number of rotatable bonds is 4. The van der Waals surface area contributed by atoms with Crippen LogP contribution in [0.3, 0.4) is 0 Å². The molecule has 21 heavy (non-hydrogen) atoms. The Labute approximate surface area is 123 Å². The maximum absolute atomic E-state index is 12.0. The molecule has 0 saturated carbocycles. The van der Waals surface area contributed by atoms with Crippen LogP contribution in [-0.2, 0) is 27.6 Å². The third kappa shape index (κ3) is 3.81. The minimum absolute atomic E-state index is 0.0349. The molecular weight excluding hydrogens is 294 g/mol. The summed E-state index contributed by atoms with van der Waals surface area (Å²) in [7, 11) is -3.16. The van der Waals surface area contributed by atoms with Gasteiger partial charge in [0.25, 0.3) is 0 Å². The van der Waals surface area contributed by atoms with Crippen molar-refractivity contribution in [1.29, 1.82) is 0 Å². The zero-order valence-electron chi connectivity index (χ0n) is 11.7. The normalized spacial score (nSPS) is 14.6. The highest BCUT2D eigenvalue weighted by Crippen LogP contribution is 2.23. The maximum atomic E-state index is 12.0. The van der Waals surface area contributed by atoms with Gasteiger partial charge in [0.15, 0.2) is 0 Å². The van der Waals surface area contributed by atoms with Gasteiger partial charge in [0.1, 0.15) is 9.84 Å². The number of benzene rings is 1. The first-order valence-corrected chi connectivity index (χ1v) is 8.63. The Kier molecular flexibility index (Phi) is 4.32. The Balaban J connectivity index is 2.11. The summed E-state index contributed by atoms with van der Waals surface area (Å²) in [5.41, 5.74) is 1.85. The first kappa shape index (κ1) is 15.5. The molecule has 1 heterocycles. The minimum atomic E-state index is -3.16.